The van der Waals surface area contributed by atoms with Crippen LogP contribution >= 0.6 is 11.6 Å². The van der Waals surface area contributed by atoms with Crippen LogP contribution in [0.25, 0.3) is 5.69 Å². The first kappa shape index (κ1) is 15.1. The molecule has 0 atom stereocenters. The fourth-order valence-corrected chi connectivity index (χ4v) is 2.51. The van der Waals surface area contributed by atoms with Gasteiger partial charge >= 0.3 is 0 Å². The van der Waals surface area contributed by atoms with E-state index in [4.69, 9.17) is 11.6 Å². The van der Waals surface area contributed by atoms with Gasteiger partial charge in [0.2, 0.25) is 0 Å². The molecule has 2 rings (SSSR count). The van der Waals surface area contributed by atoms with Crippen LogP contribution in [-0.4, -0.2) is 27.5 Å². The number of nitrogens with zero attached hydrogens (tertiary/aromatic N) is 3. The molecule has 0 aliphatic heterocycles. The van der Waals surface area contributed by atoms with Gasteiger partial charge in [-0.25, -0.2) is 4.98 Å². The summed E-state index contributed by atoms with van der Waals surface area (Å²) in [4.78, 5) is 6.61. The highest BCUT2D eigenvalue weighted by molar-refractivity contribution is 6.31. The Hall–Kier alpha value is -1.32. The second-order valence-electron chi connectivity index (χ2n) is 4.91. The lowest BCUT2D eigenvalue weighted by molar-refractivity contribution is 0.271. The smallest absolute Gasteiger partial charge is 0.152 e. The normalized spacial score (nSPS) is 11.2. The molecule has 2 aromatic rings. The van der Waals surface area contributed by atoms with Crippen molar-refractivity contribution in [2.24, 2.45) is 0 Å². The van der Waals surface area contributed by atoms with E-state index in [1.807, 2.05) is 18.3 Å². The maximum absolute atomic E-state index is 6.20. The number of hydrogen-bond acceptors (Lipinski definition) is 2. The molecule has 0 N–H and O–H groups in total. The van der Waals surface area contributed by atoms with Gasteiger partial charge in [-0.2, -0.15) is 0 Å². The van der Waals surface area contributed by atoms with Crippen LogP contribution in [0.4, 0.5) is 0 Å². The number of hydrogen-bond donors (Lipinski definition) is 0. The third-order valence-electron chi connectivity index (χ3n) is 3.49. The largest absolute Gasteiger partial charge is 0.317 e. The SMILES string of the molecule is CCCCN(CC)Cc1cccn1-c1cccnc1Cl. The van der Waals surface area contributed by atoms with Gasteiger partial charge in [-0.3, -0.25) is 4.90 Å². The molecule has 0 radical (unpaired) electrons. The van der Waals surface area contributed by atoms with E-state index >= 15 is 0 Å². The van der Waals surface area contributed by atoms with Gasteiger partial charge in [0.25, 0.3) is 0 Å². The molecule has 108 valence electrons. The predicted octanol–water partition coefficient (Wildman–Crippen LogP) is 4.15. The van der Waals surface area contributed by atoms with Gasteiger partial charge in [0.15, 0.2) is 5.15 Å². The van der Waals surface area contributed by atoms with Gasteiger partial charge in [0, 0.05) is 24.6 Å². The standard InChI is InChI=1S/C16H22ClN3/c1-3-5-11-19(4-2)13-14-8-7-12-20(14)15-9-6-10-18-16(15)17/h6-10,12H,3-5,11,13H2,1-2H3. The first-order valence-electron chi connectivity index (χ1n) is 7.25. The zero-order chi connectivity index (χ0) is 14.4. The molecular weight excluding hydrogens is 270 g/mol. The first-order valence-corrected chi connectivity index (χ1v) is 7.63. The van der Waals surface area contributed by atoms with Crippen LogP contribution in [0.15, 0.2) is 36.7 Å². The van der Waals surface area contributed by atoms with Crippen LogP contribution in [0.2, 0.25) is 5.15 Å². The van der Waals surface area contributed by atoms with E-state index in [1.54, 1.807) is 6.20 Å². The topological polar surface area (TPSA) is 21.1 Å². The number of pyridine rings is 1. The highest BCUT2D eigenvalue weighted by Crippen LogP contribution is 2.20. The summed E-state index contributed by atoms with van der Waals surface area (Å²) in [5.74, 6) is 0. The Labute approximate surface area is 126 Å². The Morgan fingerprint density at radius 2 is 2.10 bits per heavy atom. The molecule has 0 saturated carbocycles. The minimum absolute atomic E-state index is 0.543. The summed E-state index contributed by atoms with van der Waals surface area (Å²) in [5, 5.41) is 0.543. The maximum atomic E-state index is 6.20. The summed E-state index contributed by atoms with van der Waals surface area (Å²) in [5.41, 5.74) is 2.19. The fraction of sp³-hybridized carbons (Fsp3) is 0.438. The van der Waals surface area contributed by atoms with E-state index in [2.05, 4.69) is 40.4 Å². The summed E-state index contributed by atoms with van der Waals surface area (Å²) in [6.07, 6.45) is 6.23. The van der Waals surface area contributed by atoms with Gasteiger partial charge in [0.05, 0.1) is 5.69 Å². The van der Waals surface area contributed by atoms with Crippen molar-refractivity contribution in [3.63, 3.8) is 0 Å². The van der Waals surface area contributed by atoms with E-state index in [0.717, 1.165) is 25.3 Å². The molecule has 0 spiro atoms. The number of unbranched alkanes of at least 4 members (excludes halogenated alkanes) is 1. The Morgan fingerprint density at radius 1 is 1.25 bits per heavy atom. The zero-order valence-corrected chi connectivity index (χ0v) is 13.0. The third kappa shape index (κ3) is 3.62. The highest BCUT2D eigenvalue weighted by atomic mass is 35.5. The van der Waals surface area contributed by atoms with Gasteiger partial charge in [0.1, 0.15) is 0 Å². The van der Waals surface area contributed by atoms with Crippen molar-refractivity contribution in [2.75, 3.05) is 13.1 Å². The minimum Gasteiger partial charge on any atom is -0.317 e. The Kier molecular flexibility index (Phi) is 5.62. The zero-order valence-electron chi connectivity index (χ0n) is 12.2. The van der Waals surface area contributed by atoms with Gasteiger partial charge < -0.3 is 4.57 Å². The quantitative estimate of drug-likeness (QED) is 0.715. The molecule has 0 unspecified atom stereocenters. The van der Waals surface area contributed by atoms with Crippen LogP contribution in [0, 0.1) is 0 Å². The molecule has 20 heavy (non-hydrogen) atoms. The van der Waals surface area contributed by atoms with Crippen molar-refractivity contribution in [1.29, 1.82) is 0 Å². The van der Waals surface area contributed by atoms with E-state index in [9.17, 15) is 0 Å². The molecule has 2 heterocycles. The number of halogens is 1. The second kappa shape index (κ2) is 7.46. The molecule has 4 heteroatoms. The molecule has 3 nitrogen and oxygen atoms in total. The summed E-state index contributed by atoms with van der Waals surface area (Å²) in [6, 6.07) is 8.13. The maximum Gasteiger partial charge on any atom is 0.152 e. The van der Waals surface area contributed by atoms with Crippen molar-refractivity contribution in [3.05, 3.63) is 47.5 Å². The van der Waals surface area contributed by atoms with Crippen molar-refractivity contribution in [1.82, 2.24) is 14.5 Å². The summed E-state index contributed by atoms with van der Waals surface area (Å²) in [6.45, 7) is 7.57. The predicted molar refractivity (Wildman–Crippen MR) is 84.4 cm³/mol. The molecule has 0 saturated heterocycles. The van der Waals surface area contributed by atoms with Crippen LogP contribution in [0.5, 0.6) is 0 Å². The molecular formula is C16H22ClN3. The average Bonchev–Trinajstić information content (AvgIpc) is 2.92. The third-order valence-corrected chi connectivity index (χ3v) is 3.78. The Morgan fingerprint density at radius 3 is 2.80 bits per heavy atom. The van der Waals surface area contributed by atoms with Crippen LogP contribution in [0.3, 0.4) is 0 Å². The Balaban J connectivity index is 2.18. The molecule has 0 aromatic carbocycles. The van der Waals surface area contributed by atoms with E-state index in [1.165, 1.54) is 18.5 Å². The summed E-state index contributed by atoms with van der Waals surface area (Å²) >= 11 is 6.20. The fourth-order valence-electron chi connectivity index (χ4n) is 2.30. The number of rotatable bonds is 7. The molecule has 2 aromatic heterocycles. The van der Waals surface area contributed by atoms with Crippen molar-refractivity contribution in [2.45, 2.75) is 33.2 Å². The lowest BCUT2D eigenvalue weighted by Crippen LogP contribution is -2.25. The average molecular weight is 292 g/mol. The molecule has 0 aliphatic rings. The van der Waals surface area contributed by atoms with Crippen LogP contribution in [0.1, 0.15) is 32.4 Å². The van der Waals surface area contributed by atoms with Crippen molar-refractivity contribution < 1.29 is 0 Å². The summed E-state index contributed by atoms with van der Waals surface area (Å²) < 4.78 is 2.13. The second-order valence-corrected chi connectivity index (χ2v) is 5.26. The van der Waals surface area contributed by atoms with E-state index in [-0.39, 0.29) is 0 Å². The first-order chi connectivity index (χ1) is 9.76. The monoisotopic (exact) mass is 291 g/mol. The lowest BCUT2D eigenvalue weighted by Gasteiger charge is -2.21. The lowest BCUT2D eigenvalue weighted by atomic mass is 10.3. The molecule has 0 bridgehead atoms. The van der Waals surface area contributed by atoms with Crippen LogP contribution < -0.4 is 0 Å². The van der Waals surface area contributed by atoms with Gasteiger partial charge in [-0.15, -0.1) is 0 Å². The molecule has 0 fully saturated rings. The van der Waals surface area contributed by atoms with Gasteiger partial charge in [-0.1, -0.05) is 31.9 Å². The Bertz CT molecular complexity index is 536. The number of aromatic nitrogens is 2. The molecule has 0 amide bonds. The van der Waals surface area contributed by atoms with E-state index < -0.39 is 0 Å². The van der Waals surface area contributed by atoms with E-state index in [0.29, 0.717) is 5.15 Å². The summed E-state index contributed by atoms with van der Waals surface area (Å²) in [7, 11) is 0. The van der Waals surface area contributed by atoms with Crippen molar-refractivity contribution >= 4 is 11.6 Å². The van der Waals surface area contributed by atoms with Crippen molar-refractivity contribution in [3.8, 4) is 5.69 Å². The highest BCUT2D eigenvalue weighted by Gasteiger charge is 2.10. The van der Waals surface area contributed by atoms with Crippen LogP contribution in [-0.2, 0) is 6.54 Å². The van der Waals surface area contributed by atoms with Gasteiger partial charge in [-0.05, 0) is 43.8 Å². The molecule has 0 aliphatic carbocycles. The minimum atomic E-state index is 0.543.